The highest BCUT2D eigenvalue weighted by Crippen LogP contribution is 2.52. The van der Waals surface area contributed by atoms with E-state index in [0.29, 0.717) is 10.9 Å². The molecule has 1 saturated carbocycles. The number of halogens is 1. The highest BCUT2D eigenvalue weighted by Gasteiger charge is 2.47. The van der Waals surface area contributed by atoms with Crippen LogP contribution in [0.3, 0.4) is 0 Å². The Morgan fingerprint density at radius 1 is 1.47 bits per heavy atom. The van der Waals surface area contributed by atoms with Gasteiger partial charge in [-0.2, -0.15) is 0 Å². The Hall–Kier alpha value is -1.84. The highest BCUT2D eigenvalue weighted by atomic mass is 19.1. The minimum atomic E-state index is -0.860. The SMILES string of the molecule is Cc1cc2c(F)c(C3(CC(=O)O)CC3)ccc2n1C. The summed E-state index contributed by atoms with van der Waals surface area (Å²) in [5, 5.41) is 9.57. The van der Waals surface area contributed by atoms with Crippen LogP contribution in [0.4, 0.5) is 4.39 Å². The molecule has 1 aromatic carbocycles. The number of carbonyl (C=O) groups is 1. The van der Waals surface area contributed by atoms with Crippen LogP contribution < -0.4 is 0 Å². The van der Waals surface area contributed by atoms with Crippen molar-refractivity contribution in [1.29, 1.82) is 0 Å². The molecule has 19 heavy (non-hydrogen) atoms. The molecule has 0 atom stereocenters. The lowest BCUT2D eigenvalue weighted by Crippen LogP contribution is -2.14. The molecule has 1 N–H and O–H groups in total. The lowest BCUT2D eigenvalue weighted by molar-refractivity contribution is -0.137. The summed E-state index contributed by atoms with van der Waals surface area (Å²) in [6, 6.07) is 5.47. The third kappa shape index (κ3) is 1.74. The van der Waals surface area contributed by atoms with E-state index in [4.69, 9.17) is 5.11 Å². The zero-order valence-corrected chi connectivity index (χ0v) is 11.0. The van der Waals surface area contributed by atoms with Gasteiger partial charge in [-0.15, -0.1) is 0 Å². The van der Waals surface area contributed by atoms with Crippen LogP contribution in [0.15, 0.2) is 18.2 Å². The molecule has 0 bridgehead atoms. The largest absolute Gasteiger partial charge is 0.481 e. The predicted molar refractivity (Wildman–Crippen MR) is 70.8 cm³/mol. The summed E-state index contributed by atoms with van der Waals surface area (Å²) in [5.74, 6) is -1.11. The van der Waals surface area contributed by atoms with Gasteiger partial charge in [-0.1, -0.05) is 6.07 Å². The number of carboxylic acid groups (broad SMARTS) is 1. The zero-order chi connectivity index (χ0) is 13.8. The molecule has 0 saturated heterocycles. The molecule has 0 spiro atoms. The molecule has 4 heteroatoms. The van der Waals surface area contributed by atoms with E-state index >= 15 is 0 Å². The van der Waals surface area contributed by atoms with E-state index in [0.717, 1.165) is 24.1 Å². The highest BCUT2D eigenvalue weighted by molar-refractivity contribution is 5.83. The van der Waals surface area contributed by atoms with Crippen molar-refractivity contribution in [2.45, 2.75) is 31.6 Å². The average molecular weight is 261 g/mol. The van der Waals surface area contributed by atoms with Gasteiger partial charge >= 0.3 is 5.97 Å². The molecule has 3 nitrogen and oxygen atoms in total. The van der Waals surface area contributed by atoms with E-state index < -0.39 is 11.4 Å². The van der Waals surface area contributed by atoms with Crippen molar-refractivity contribution in [3.8, 4) is 0 Å². The molecular formula is C15H16FNO2. The van der Waals surface area contributed by atoms with Gasteiger partial charge < -0.3 is 9.67 Å². The number of aliphatic carboxylic acids is 1. The van der Waals surface area contributed by atoms with Crippen LogP contribution in [0.5, 0.6) is 0 Å². The number of carboxylic acids is 1. The molecular weight excluding hydrogens is 245 g/mol. The maximum atomic E-state index is 14.6. The van der Waals surface area contributed by atoms with Crippen LogP contribution in [0.2, 0.25) is 0 Å². The second kappa shape index (κ2) is 3.83. The summed E-state index contributed by atoms with van der Waals surface area (Å²) >= 11 is 0. The van der Waals surface area contributed by atoms with E-state index in [1.807, 2.05) is 30.7 Å². The first-order chi connectivity index (χ1) is 8.94. The number of benzene rings is 1. The number of hydrogen-bond donors (Lipinski definition) is 1. The fourth-order valence-electron chi connectivity index (χ4n) is 2.90. The Kier molecular flexibility index (Phi) is 2.46. The van der Waals surface area contributed by atoms with Gasteiger partial charge in [-0.05, 0) is 37.5 Å². The van der Waals surface area contributed by atoms with E-state index in [1.165, 1.54) is 0 Å². The number of aryl methyl sites for hydroxylation is 2. The minimum Gasteiger partial charge on any atom is -0.481 e. The number of aromatic nitrogens is 1. The Morgan fingerprint density at radius 2 is 2.16 bits per heavy atom. The predicted octanol–water partition coefficient (Wildman–Crippen LogP) is 3.13. The molecule has 3 rings (SSSR count). The topological polar surface area (TPSA) is 42.2 Å². The Balaban J connectivity index is 2.16. The molecule has 1 aliphatic carbocycles. The van der Waals surface area contributed by atoms with Gasteiger partial charge in [0.25, 0.3) is 0 Å². The normalized spacial score (nSPS) is 16.8. The first-order valence-corrected chi connectivity index (χ1v) is 6.41. The summed E-state index contributed by atoms with van der Waals surface area (Å²) in [5.41, 5.74) is 1.93. The molecule has 100 valence electrons. The van der Waals surface area contributed by atoms with Gasteiger partial charge in [-0.25, -0.2) is 4.39 Å². The van der Waals surface area contributed by atoms with Gasteiger partial charge in [0.1, 0.15) is 5.82 Å². The summed E-state index contributed by atoms with van der Waals surface area (Å²) in [4.78, 5) is 10.9. The van der Waals surface area contributed by atoms with E-state index in [2.05, 4.69) is 0 Å². The molecule has 1 aromatic heterocycles. The third-order valence-electron chi connectivity index (χ3n) is 4.31. The average Bonchev–Trinajstić information content (AvgIpc) is 3.03. The quantitative estimate of drug-likeness (QED) is 0.922. The van der Waals surface area contributed by atoms with E-state index in [1.54, 1.807) is 6.07 Å². The second-order valence-corrected chi connectivity index (χ2v) is 5.56. The Bertz CT molecular complexity index is 683. The van der Waals surface area contributed by atoms with Crippen LogP contribution >= 0.6 is 0 Å². The first kappa shape index (κ1) is 12.2. The summed E-state index contributed by atoms with van der Waals surface area (Å²) in [7, 11) is 1.90. The molecule has 0 radical (unpaired) electrons. The lowest BCUT2D eigenvalue weighted by Gasteiger charge is -2.14. The van der Waals surface area contributed by atoms with Crippen LogP contribution in [-0.2, 0) is 17.3 Å². The van der Waals surface area contributed by atoms with Crippen molar-refractivity contribution in [3.05, 3.63) is 35.3 Å². The number of rotatable bonds is 3. The smallest absolute Gasteiger partial charge is 0.304 e. The number of nitrogens with zero attached hydrogens (tertiary/aromatic N) is 1. The van der Waals surface area contributed by atoms with Gasteiger partial charge in [0, 0.05) is 23.5 Å². The van der Waals surface area contributed by atoms with Crippen LogP contribution in [0, 0.1) is 12.7 Å². The fraction of sp³-hybridized carbons (Fsp3) is 0.400. The molecule has 0 aliphatic heterocycles. The van der Waals surface area contributed by atoms with Gasteiger partial charge in [0.15, 0.2) is 0 Å². The molecule has 1 heterocycles. The van der Waals surface area contributed by atoms with Crippen molar-refractivity contribution >= 4 is 16.9 Å². The van der Waals surface area contributed by atoms with Crippen LogP contribution in [-0.4, -0.2) is 15.6 Å². The number of fused-ring (bicyclic) bond motifs is 1. The standard InChI is InChI=1S/C15H16FNO2/c1-9-7-10-12(17(9)2)4-3-11(14(10)16)15(5-6-15)8-13(18)19/h3-4,7H,5-6,8H2,1-2H3,(H,18,19). The van der Waals surface area contributed by atoms with Crippen molar-refractivity contribution < 1.29 is 14.3 Å². The monoisotopic (exact) mass is 261 g/mol. The van der Waals surface area contributed by atoms with E-state index in [-0.39, 0.29) is 12.2 Å². The summed E-state index contributed by atoms with van der Waals surface area (Å²) < 4.78 is 16.6. The van der Waals surface area contributed by atoms with Crippen molar-refractivity contribution in [1.82, 2.24) is 4.57 Å². The van der Waals surface area contributed by atoms with Gasteiger partial charge in [0.2, 0.25) is 0 Å². The van der Waals surface area contributed by atoms with Crippen LogP contribution in [0.1, 0.15) is 30.5 Å². The minimum absolute atomic E-state index is 0.0151. The van der Waals surface area contributed by atoms with Crippen molar-refractivity contribution in [2.75, 3.05) is 0 Å². The Morgan fingerprint density at radius 3 is 2.74 bits per heavy atom. The fourth-order valence-corrected chi connectivity index (χ4v) is 2.90. The maximum Gasteiger partial charge on any atom is 0.304 e. The Labute approximate surface area is 110 Å². The molecule has 1 aliphatic rings. The maximum absolute atomic E-state index is 14.6. The van der Waals surface area contributed by atoms with E-state index in [9.17, 15) is 9.18 Å². The van der Waals surface area contributed by atoms with Gasteiger partial charge in [-0.3, -0.25) is 4.79 Å². The zero-order valence-electron chi connectivity index (χ0n) is 11.0. The van der Waals surface area contributed by atoms with Crippen LogP contribution in [0.25, 0.3) is 10.9 Å². The molecule has 0 amide bonds. The summed E-state index contributed by atoms with van der Waals surface area (Å²) in [6.45, 7) is 1.93. The van der Waals surface area contributed by atoms with Gasteiger partial charge in [0.05, 0.1) is 11.9 Å². The summed E-state index contributed by atoms with van der Waals surface area (Å²) in [6.07, 6.45) is 1.53. The molecule has 0 unspecified atom stereocenters. The third-order valence-corrected chi connectivity index (χ3v) is 4.31. The number of hydrogen-bond acceptors (Lipinski definition) is 1. The lowest BCUT2D eigenvalue weighted by atomic mass is 9.91. The van der Waals surface area contributed by atoms with Crippen molar-refractivity contribution in [3.63, 3.8) is 0 Å². The molecule has 2 aromatic rings. The van der Waals surface area contributed by atoms with Crippen molar-refractivity contribution in [2.24, 2.45) is 7.05 Å². The first-order valence-electron chi connectivity index (χ1n) is 6.41. The molecule has 1 fully saturated rings. The second-order valence-electron chi connectivity index (χ2n) is 5.56.